The van der Waals surface area contributed by atoms with E-state index < -0.39 is 30.0 Å². The molecule has 0 aliphatic carbocycles. The number of halogens is 3. The summed E-state index contributed by atoms with van der Waals surface area (Å²) in [6.45, 7) is 4.92. The first kappa shape index (κ1) is 25.4. The van der Waals surface area contributed by atoms with Gasteiger partial charge in [0.25, 0.3) is 0 Å². The van der Waals surface area contributed by atoms with E-state index in [0.717, 1.165) is 12.1 Å². The van der Waals surface area contributed by atoms with Crippen molar-refractivity contribution >= 4 is 23.0 Å². The average Bonchev–Trinajstić information content (AvgIpc) is 3.32. The zero-order valence-electron chi connectivity index (χ0n) is 20.2. The van der Waals surface area contributed by atoms with Crippen molar-refractivity contribution in [3.63, 3.8) is 0 Å². The summed E-state index contributed by atoms with van der Waals surface area (Å²) in [5.41, 5.74) is 1.03. The zero-order valence-corrected chi connectivity index (χ0v) is 20.2. The van der Waals surface area contributed by atoms with Crippen LogP contribution in [-0.2, 0) is 31.7 Å². The number of fused-ring (bicyclic) bond motifs is 1. The highest BCUT2D eigenvalue weighted by Crippen LogP contribution is 2.31. The van der Waals surface area contributed by atoms with Gasteiger partial charge in [-0.25, -0.2) is 15.0 Å². The van der Waals surface area contributed by atoms with Gasteiger partial charge in [-0.05, 0) is 11.6 Å². The second-order valence-corrected chi connectivity index (χ2v) is 9.03. The molecule has 198 valence electrons. The Morgan fingerprint density at radius 3 is 2.73 bits per heavy atom. The van der Waals surface area contributed by atoms with E-state index in [9.17, 15) is 18.0 Å². The summed E-state index contributed by atoms with van der Waals surface area (Å²) in [5, 5.41) is 0. The van der Waals surface area contributed by atoms with Crippen LogP contribution < -0.4 is 4.90 Å². The van der Waals surface area contributed by atoms with Crippen LogP contribution in [0.25, 0.3) is 11.2 Å². The lowest BCUT2D eigenvalue weighted by Crippen LogP contribution is -2.47. The molecule has 2 fully saturated rings. The smallest absolute Gasteiger partial charge is 0.416 e. The number of benzene rings is 1. The topological polar surface area (TPSA) is 94.8 Å². The van der Waals surface area contributed by atoms with E-state index in [1.54, 1.807) is 17.0 Å². The predicted molar refractivity (Wildman–Crippen MR) is 126 cm³/mol. The van der Waals surface area contributed by atoms with Crippen LogP contribution >= 0.6 is 0 Å². The van der Waals surface area contributed by atoms with Gasteiger partial charge >= 0.3 is 12.1 Å². The molecule has 0 bridgehead atoms. The first-order valence-corrected chi connectivity index (χ1v) is 12.0. The number of alkyl halides is 3. The highest BCUT2D eigenvalue weighted by Gasteiger charge is 2.33. The second kappa shape index (κ2) is 10.6. The number of anilines is 1. The number of hydrogen-bond donors (Lipinski definition) is 0. The summed E-state index contributed by atoms with van der Waals surface area (Å²) in [4.78, 5) is 28.9. The van der Waals surface area contributed by atoms with E-state index in [1.807, 2.05) is 4.90 Å². The molecule has 37 heavy (non-hydrogen) atoms. The Hall–Kier alpha value is -3.29. The number of nitrogens with zero attached hydrogens (tertiary/aromatic N) is 6. The molecular formula is C24H27F3N6O4. The van der Waals surface area contributed by atoms with Gasteiger partial charge in [-0.2, -0.15) is 13.2 Å². The van der Waals surface area contributed by atoms with Crippen molar-refractivity contribution in [2.45, 2.75) is 32.0 Å². The first-order valence-electron chi connectivity index (χ1n) is 12.0. The first-order chi connectivity index (χ1) is 17.8. The molecule has 0 radical (unpaired) electrons. The standard InChI is InChI=1S/C24H27F3N6O4/c1-16(34)36-13-19-11-31(10-17-3-2-4-18(9-17)24(25,26)27)12-20(37-19)33-15-30-21-22(28-14-29-23(21)33)32-5-7-35-8-6-32/h2-4,9,14-15,19-20H,5-8,10-13H2,1H3/t19-,20+/m0/s1. The van der Waals surface area contributed by atoms with Gasteiger partial charge in [0, 0.05) is 39.6 Å². The van der Waals surface area contributed by atoms with Crippen molar-refractivity contribution in [2.75, 3.05) is 50.9 Å². The van der Waals surface area contributed by atoms with Crippen LogP contribution in [0.1, 0.15) is 24.3 Å². The Balaban J connectivity index is 1.41. The van der Waals surface area contributed by atoms with E-state index >= 15 is 0 Å². The maximum Gasteiger partial charge on any atom is 0.416 e. The zero-order chi connectivity index (χ0) is 26.0. The van der Waals surface area contributed by atoms with Crippen molar-refractivity contribution in [1.29, 1.82) is 0 Å². The van der Waals surface area contributed by atoms with Gasteiger partial charge in [-0.3, -0.25) is 14.3 Å². The molecule has 3 aromatic rings. The molecule has 0 amide bonds. The lowest BCUT2D eigenvalue weighted by Gasteiger charge is -2.38. The van der Waals surface area contributed by atoms with E-state index in [1.165, 1.54) is 19.3 Å². The highest BCUT2D eigenvalue weighted by atomic mass is 19.4. The third-order valence-electron chi connectivity index (χ3n) is 6.32. The van der Waals surface area contributed by atoms with Crippen LogP contribution in [0.15, 0.2) is 36.9 Å². The molecule has 2 aliphatic rings. The fourth-order valence-corrected chi connectivity index (χ4v) is 4.64. The monoisotopic (exact) mass is 520 g/mol. The van der Waals surface area contributed by atoms with Crippen molar-refractivity contribution in [3.8, 4) is 0 Å². The Morgan fingerprint density at radius 1 is 1.16 bits per heavy atom. The number of esters is 1. The van der Waals surface area contributed by atoms with Crippen LogP contribution in [0.4, 0.5) is 19.0 Å². The van der Waals surface area contributed by atoms with Crippen LogP contribution in [-0.4, -0.2) is 82.5 Å². The van der Waals surface area contributed by atoms with Gasteiger partial charge in [0.15, 0.2) is 17.0 Å². The molecule has 2 aromatic heterocycles. The molecule has 4 heterocycles. The Kier molecular flexibility index (Phi) is 7.26. The maximum atomic E-state index is 13.2. The van der Waals surface area contributed by atoms with E-state index in [-0.39, 0.29) is 13.2 Å². The average molecular weight is 521 g/mol. The van der Waals surface area contributed by atoms with Crippen molar-refractivity contribution in [2.24, 2.45) is 0 Å². The highest BCUT2D eigenvalue weighted by molar-refractivity contribution is 5.83. The van der Waals surface area contributed by atoms with Crippen molar-refractivity contribution in [1.82, 2.24) is 24.4 Å². The number of hydrogen-bond acceptors (Lipinski definition) is 9. The van der Waals surface area contributed by atoms with Gasteiger partial charge in [0.05, 0.1) is 25.1 Å². The quantitative estimate of drug-likeness (QED) is 0.455. The number of carbonyl (C=O) groups excluding carboxylic acids is 1. The van der Waals surface area contributed by atoms with Crippen molar-refractivity contribution < 1.29 is 32.2 Å². The predicted octanol–water partition coefficient (Wildman–Crippen LogP) is 2.64. The minimum Gasteiger partial charge on any atom is -0.463 e. The number of aromatic nitrogens is 4. The fraction of sp³-hybridized carbons (Fsp3) is 0.500. The number of morpholine rings is 2. The largest absolute Gasteiger partial charge is 0.463 e. The molecule has 0 N–H and O–H groups in total. The normalized spacial score (nSPS) is 21.4. The molecule has 10 nitrogen and oxygen atoms in total. The summed E-state index contributed by atoms with van der Waals surface area (Å²) in [5.74, 6) is 0.270. The minimum absolute atomic E-state index is 0.0194. The van der Waals surface area contributed by atoms with Crippen LogP contribution in [0.5, 0.6) is 0 Å². The summed E-state index contributed by atoms with van der Waals surface area (Å²) < 4.78 is 58.4. The lowest BCUT2D eigenvalue weighted by atomic mass is 10.1. The Bertz CT molecular complexity index is 1250. The molecule has 2 atom stereocenters. The molecule has 2 aliphatic heterocycles. The van der Waals surface area contributed by atoms with E-state index in [2.05, 4.69) is 19.9 Å². The molecule has 0 unspecified atom stereocenters. The molecule has 1 aromatic carbocycles. The molecule has 13 heteroatoms. The van der Waals surface area contributed by atoms with Gasteiger partial charge in [0.2, 0.25) is 0 Å². The van der Waals surface area contributed by atoms with Crippen LogP contribution in [0.2, 0.25) is 0 Å². The Morgan fingerprint density at radius 2 is 1.97 bits per heavy atom. The number of imidazole rings is 1. The lowest BCUT2D eigenvalue weighted by molar-refractivity contribution is -0.162. The molecule has 0 spiro atoms. The summed E-state index contributed by atoms with van der Waals surface area (Å²) in [6.07, 6.45) is -2.37. The summed E-state index contributed by atoms with van der Waals surface area (Å²) in [7, 11) is 0. The molecule has 5 rings (SSSR count). The molecule has 2 saturated heterocycles. The number of ether oxygens (including phenoxy) is 3. The summed E-state index contributed by atoms with van der Waals surface area (Å²) >= 11 is 0. The second-order valence-electron chi connectivity index (χ2n) is 9.03. The Labute approximate surface area is 210 Å². The fourth-order valence-electron chi connectivity index (χ4n) is 4.64. The summed E-state index contributed by atoms with van der Waals surface area (Å²) in [6, 6.07) is 5.27. The molecule has 0 saturated carbocycles. The minimum atomic E-state index is -4.42. The van der Waals surface area contributed by atoms with E-state index in [4.69, 9.17) is 14.2 Å². The van der Waals surface area contributed by atoms with Crippen molar-refractivity contribution in [3.05, 3.63) is 48.0 Å². The molecular weight excluding hydrogens is 493 g/mol. The third-order valence-corrected chi connectivity index (χ3v) is 6.32. The van der Waals surface area contributed by atoms with Gasteiger partial charge in [-0.1, -0.05) is 18.2 Å². The third kappa shape index (κ3) is 5.84. The van der Waals surface area contributed by atoms with Gasteiger partial charge < -0.3 is 19.1 Å². The van der Waals surface area contributed by atoms with Crippen LogP contribution in [0.3, 0.4) is 0 Å². The van der Waals surface area contributed by atoms with Gasteiger partial charge in [-0.15, -0.1) is 0 Å². The number of carbonyl (C=O) groups is 1. The van der Waals surface area contributed by atoms with Gasteiger partial charge in [0.1, 0.15) is 25.3 Å². The van der Waals surface area contributed by atoms with E-state index in [0.29, 0.717) is 61.9 Å². The number of rotatable bonds is 6. The SMILES string of the molecule is CC(=O)OC[C@@H]1CN(Cc2cccc(C(F)(F)F)c2)C[C@H](n2cnc3c(N4CCOCC4)ncnc32)O1. The van der Waals surface area contributed by atoms with Crippen LogP contribution in [0, 0.1) is 0 Å². The maximum absolute atomic E-state index is 13.2.